The number of halogens is 1. The average molecular weight is 503 g/mol. The lowest BCUT2D eigenvalue weighted by molar-refractivity contribution is -0.145. The molecule has 0 radical (unpaired) electrons. The lowest BCUT2D eigenvalue weighted by atomic mass is 10.2. The molecule has 184 valence electrons. The van der Waals surface area contributed by atoms with Gasteiger partial charge in [0.15, 0.2) is 18.1 Å². The maximum Gasteiger partial charge on any atom is 0.344 e. The van der Waals surface area contributed by atoms with Crippen LogP contribution in [0.3, 0.4) is 0 Å². The van der Waals surface area contributed by atoms with Crippen LogP contribution in [-0.4, -0.2) is 54.3 Å². The van der Waals surface area contributed by atoms with Crippen molar-refractivity contribution < 1.29 is 37.8 Å². The third-order valence-corrected chi connectivity index (χ3v) is 5.41. The zero-order valence-electron chi connectivity index (χ0n) is 19.0. The Bertz CT molecular complexity index is 1170. The summed E-state index contributed by atoms with van der Waals surface area (Å²) in [6.45, 7) is 3.24. The minimum absolute atomic E-state index is 0.121. The molecule has 9 nitrogen and oxygen atoms in total. The van der Waals surface area contributed by atoms with Crippen molar-refractivity contribution >= 4 is 46.5 Å². The number of esters is 1. The van der Waals surface area contributed by atoms with E-state index >= 15 is 0 Å². The number of hydrogen-bond acceptors (Lipinski definition) is 8. The highest BCUT2D eigenvalue weighted by molar-refractivity contribution is 8.18. The number of hydrogen-bond donors (Lipinski definition) is 1. The molecule has 0 bridgehead atoms. The molecule has 0 unspecified atom stereocenters. The molecule has 1 aliphatic heterocycles. The van der Waals surface area contributed by atoms with Gasteiger partial charge in [0.05, 0.1) is 18.1 Å². The van der Waals surface area contributed by atoms with Crippen molar-refractivity contribution in [1.29, 1.82) is 0 Å². The molecule has 1 fully saturated rings. The van der Waals surface area contributed by atoms with Crippen molar-refractivity contribution in [3.63, 3.8) is 0 Å². The fourth-order valence-electron chi connectivity index (χ4n) is 3.04. The number of benzene rings is 2. The van der Waals surface area contributed by atoms with Gasteiger partial charge in [0, 0.05) is 5.69 Å². The maximum atomic E-state index is 13.3. The van der Waals surface area contributed by atoms with E-state index in [1.54, 1.807) is 32.0 Å². The van der Waals surface area contributed by atoms with Gasteiger partial charge in [-0.3, -0.25) is 19.3 Å². The normalized spacial score (nSPS) is 14.3. The number of anilines is 1. The molecule has 1 N–H and O–H groups in total. The summed E-state index contributed by atoms with van der Waals surface area (Å²) in [5.74, 6) is -1.65. The molecule has 0 aliphatic carbocycles. The molecule has 11 heteroatoms. The minimum atomic E-state index is -0.638. The van der Waals surface area contributed by atoms with Gasteiger partial charge in [0.25, 0.3) is 11.1 Å². The van der Waals surface area contributed by atoms with Gasteiger partial charge in [0.2, 0.25) is 5.91 Å². The van der Waals surface area contributed by atoms with Crippen molar-refractivity contribution in [3.8, 4) is 11.5 Å². The summed E-state index contributed by atoms with van der Waals surface area (Å²) in [4.78, 5) is 49.9. The molecule has 3 amide bonds. The van der Waals surface area contributed by atoms with Crippen LogP contribution in [0.2, 0.25) is 0 Å². The molecule has 0 atom stereocenters. The SMILES string of the molecule is CCOC(=O)COc1ccc(/C=C2/SC(=O)N(CC(=O)Nc3cccc(F)c3)C2=O)cc1OCC. The average Bonchev–Trinajstić information content (AvgIpc) is 3.06. The first-order valence-corrected chi connectivity index (χ1v) is 11.5. The first-order valence-electron chi connectivity index (χ1n) is 10.7. The van der Waals surface area contributed by atoms with Crippen molar-refractivity contribution in [3.05, 3.63) is 58.8 Å². The van der Waals surface area contributed by atoms with Crippen LogP contribution in [0.4, 0.5) is 14.9 Å². The van der Waals surface area contributed by atoms with Crippen molar-refractivity contribution in [2.45, 2.75) is 13.8 Å². The van der Waals surface area contributed by atoms with Crippen LogP contribution in [0.1, 0.15) is 19.4 Å². The summed E-state index contributed by atoms with van der Waals surface area (Å²) in [5, 5.41) is 1.85. The Hall–Kier alpha value is -3.86. The van der Waals surface area contributed by atoms with Crippen LogP contribution < -0.4 is 14.8 Å². The molecule has 0 aromatic heterocycles. The number of nitrogens with zero attached hydrogens (tertiary/aromatic N) is 1. The monoisotopic (exact) mass is 502 g/mol. The molecular weight excluding hydrogens is 479 g/mol. The predicted molar refractivity (Wildman–Crippen MR) is 127 cm³/mol. The molecular formula is C24H23FN2O7S. The van der Waals surface area contributed by atoms with Gasteiger partial charge in [-0.1, -0.05) is 12.1 Å². The fourth-order valence-corrected chi connectivity index (χ4v) is 3.88. The van der Waals surface area contributed by atoms with E-state index in [9.17, 15) is 23.6 Å². The van der Waals surface area contributed by atoms with Gasteiger partial charge in [-0.05, 0) is 67.6 Å². The van der Waals surface area contributed by atoms with E-state index in [4.69, 9.17) is 14.2 Å². The number of thioether (sulfide) groups is 1. The maximum absolute atomic E-state index is 13.3. The summed E-state index contributed by atoms with van der Waals surface area (Å²) in [6, 6.07) is 10.1. The van der Waals surface area contributed by atoms with Crippen molar-refractivity contribution in [2.75, 3.05) is 31.7 Å². The Morgan fingerprint density at radius 3 is 2.57 bits per heavy atom. The molecule has 2 aromatic carbocycles. The second-order valence-electron chi connectivity index (χ2n) is 7.06. The van der Waals surface area contributed by atoms with E-state index in [-0.39, 0.29) is 23.8 Å². The van der Waals surface area contributed by atoms with E-state index in [2.05, 4.69) is 5.32 Å². The van der Waals surface area contributed by atoms with Crippen LogP contribution in [0, 0.1) is 5.82 Å². The number of rotatable bonds is 10. The number of carbonyl (C=O) groups is 4. The van der Waals surface area contributed by atoms with Gasteiger partial charge in [0.1, 0.15) is 12.4 Å². The standard InChI is InChI=1S/C24H23FN2O7S/c1-3-32-19-10-15(8-9-18(19)34-14-22(29)33-4-2)11-20-23(30)27(24(31)35-20)13-21(28)26-17-7-5-6-16(25)12-17/h5-12H,3-4,13-14H2,1-2H3,(H,26,28)/b20-11+. The van der Waals surface area contributed by atoms with Crippen molar-refractivity contribution in [2.24, 2.45) is 0 Å². The lowest BCUT2D eigenvalue weighted by Gasteiger charge is -2.13. The van der Waals surface area contributed by atoms with E-state index in [1.807, 2.05) is 0 Å². The molecule has 1 aliphatic rings. The molecule has 1 saturated heterocycles. The first-order chi connectivity index (χ1) is 16.8. The number of imide groups is 1. The summed E-state index contributed by atoms with van der Waals surface area (Å²) in [5.41, 5.74) is 0.762. The van der Waals surface area contributed by atoms with Crippen LogP contribution in [0.5, 0.6) is 11.5 Å². The quantitative estimate of drug-likeness (QED) is 0.385. The fraction of sp³-hybridized carbons (Fsp3) is 0.250. The highest BCUT2D eigenvalue weighted by atomic mass is 32.2. The second kappa shape index (κ2) is 12.0. The third kappa shape index (κ3) is 7.06. The number of nitrogens with one attached hydrogen (secondary N) is 1. The van der Waals surface area contributed by atoms with Gasteiger partial charge in [-0.15, -0.1) is 0 Å². The third-order valence-electron chi connectivity index (χ3n) is 4.50. The first kappa shape index (κ1) is 25.8. The molecule has 2 aromatic rings. The molecule has 0 spiro atoms. The van der Waals surface area contributed by atoms with Crippen LogP contribution in [0.15, 0.2) is 47.4 Å². The van der Waals surface area contributed by atoms with E-state index in [1.165, 1.54) is 24.3 Å². The zero-order valence-corrected chi connectivity index (χ0v) is 19.9. The highest BCUT2D eigenvalue weighted by Gasteiger charge is 2.36. The van der Waals surface area contributed by atoms with Crippen molar-refractivity contribution in [1.82, 2.24) is 4.90 Å². The largest absolute Gasteiger partial charge is 0.490 e. The molecule has 3 rings (SSSR count). The Labute approximate surface area is 205 Å². The Balaban J connectivity index is 1.70. The van der Waals surface area contributed by atoms with Gasteiger partial charge >= 0.3 is 5.97 Å². The molecule has 0 saturated carbocycles. The topological polar surface area (TPSA) is 111 Å². The zero-order chi connectivity index (χ0) is 25.4. The Morgan fingerprint density at radius 2 is 1.86 bits per heavy atom. The predicted octanol–water partition coefficient (Wildman–Crippen LogP) is 3.84. The summed E-state index contributed by atoms with van der Waals surface area (Å²) in [7, 11) is 0. The lowest BCUT2D eigenvalue weighted by Crippen LogP contribution is -2.36. The van der Waals surface area contributed by atoms with E-state index in [0.717, 1.165) is 11.0 Å². The molecule has 1 heterocycles. The summed E-state index contributed by atoms with van der Waals surface area (Å²) < 4.78 is 29.2. The van der Waals surface area contributed by atoms with Gasteiger partial charge in [-0.25, -0.2) is 9.18 Å². The van der Waals surface area contributed by atoms with Crippen LogP contribution in [0.25, 0.3) is 6.08 Å². The van der Waals surface area contributed by atoms with E-state index in [0.29, 0.717) is 35.4 Å². The summed E-state index contributed by atoms with van der Waals surface area (Å²) in [6.07, 6.45) is 1.49. The Morgan fingerprint density at radius 1 is 1.06 bits per heavy atom. The minimum Gasteiger partial charge on any atom is -0.490 e. The highest BCUT2D eigenvalue weighted by Crippen LogP contribution is 2.34. The van der Waals surface area contributed by atoms with Gasteiger partial charge in [-0.2, -0.15) is 0 Å². The smallest absolute Gasteiger partial charge is 0.344 e. The summed E-state index contributed by atoms with van der Waals surface area (Å²) >= 11 is 0.696. The van der Waals surface area contributed by atoms with Gasteiger partial charge < -0.3 is 19.5 Å². The number of carbonyl (C=O) groups excluding carboxylic acids is 4. The second-order valence-corrected chi connectivity index (χ2v) is 8.05. The Kier molecular flexibility index (Phi) is 8.85. The number of ether oxygens (including phenoxy) is 3. The van der Waals surface area contributed by atoms with Crippen LogP contribution >= 0.6 is 11.8 Å². The van der Waals surface area contributed by atoms with Crippen LogP contribution in [-0.2, 0) is 19.1 Å². The number of amides is 3. The molecule has 35 heavy (non-hydrogen) atoms. The van der Waals surface area contributed by atoms with E-state index < -0.39 is 35.4 Å².